The van der Waals surface area contributed by atoms with Gasteiger partial charge in [0.15, 0.2) is 0 Å². The summed E-state index contributed by atoms with van der Waals surface area (Å²) in [4.78, 5) is -0.357. The standard InChI is InChI=1S/C13H16ClF3N2O2S.ClH/c14-10-6-9(13(15,16)17)4-5-12(10)22(20,21)19-11-3-1-2-8(11)7-18;/h4-6,8,11,19H,1-3,7,18H2;1H. The number of alkyl halides is 3. The van der Waals surface area contributed by atoms with Crippen molar-refractivity contribution in [2.75, 3.05) is 6.54 Å². The topological polar surface area (TPSA) is 72.2 Å². The van der Waals surface area contributed by atoms with Crippen LogP contribution in [0.25, 0.3) is 0 Å². The van der Waals surface area contributed by atoms with Crippen LogP contribution in [0.5, 0.6) is 0 Å². The van der Waals surface area contributed by atoms with Gasteiger partial charge in [-0.15, -0.1) is 12.4 Å². The Morgan fingerprint density at radius 2 is 1.96 bits per heavy atom. The van der Waals surface area contributed by atoms with Crippen LogP contribution < -0.4 is 10.5 Å². The number of nitrogens with two attached hydrogens (primary N) is 1. The molecule has 3 N–H and O–H groups in total. The first-order valence-corrected chi connectivity index (χ1v) is 8.60. The number of hydrogen-bond donors (Lipinski definition) is 2. The van der Waals surface area contributed by atoms with Gasteiger partial charge >= 0.3 is 6.18 Å². The molecule has 1 aliphatic rings. The molecule has 0 saturated heterocycles. The van der Waals surface area contributed by atoms with Crippen molar-refractivity contribution in [3.63, 3.8) is 0 Å². The van der Waals surface area contributed by atoms with Crippen LogP contribution in [0.3, 0.4) is 0 Å². The second-order valence-corrected chi connectivity index (χ2v) is 7.39. The highest BCUT2D eigenvalue weighted by molar-refractivity contribution is 7.89. The molecule has 1 fully saturated rings. The molecule has 0 aliphatic heterocycles. The smallest absolute Gasteiger partial charge is 0.330 e. The van der Waals surface area contributed by atoms with E-state index >= 15 is 0 Å². The Labute approximate surface area is 144 Å². The van der Waals surface area contributed by atoms with Gasteiger partial charge in [0, 0.05) is 6.04 Å². The number of nitrogens with one attached hydrogen (secondary N) is 1. The molecule has 2 rings (SSSR count). The van der Waals surface area contributed by atoms with E-state index in [1.165, 1.54) is 0 Å². The zero-order chi connectivity index (χ0) is 16.5. The first-order valence-electron chi connectivity index (χ1n) is 6.74. The van der Waals surface area contributed by atoms with Crippen LogP contribution in [0.15, 0.2) is 23.1 Å². The van der Waals surface area contributed by atoms with E-state index in [1.807, 2.05) is 0 Å². The zero-order valence-electron chi connectivity index (χ0n) is 11.9. The highest BCUT2D eigenvalue weighted by Gasteiger charge is 2.34. The highest BCUT2D eigenvalue weighted by atomic mass is 35.5. The minimum atomic E-state index is -4.57. The van der Waals surface area contributed by atoms with Gasteiger partial charge in [-0.2, -0.15) is 13.2 Å². The van der Waals surface area contributed by atoms with E-state index in [4.69, 9.17) is 17.3 Å². The van der Waals surface area contributed by atoms with E-state index in [0.717, 1.165) is 18.9 Å². The fraction of sp³-hybridized carbons (Fsp3) is 0.538. The Morgan fingerprint density at radius 1 is 1.30 bits per heavy atom. The third kappa shape index (κ3) is 4.73. The van der Waals surface area contributed by atoms with E-state index in [0.29, 0.717) is 25.1 Å². The molecule has 1 aromatic rings. The van der Waals surface area contributed by atoms with Crippen molar-refractivity contribution in [2.24, 2.45) is 11.7 Å². The normalized spacial score (nSPS) is 22.0. The number of sulfonamides is 1. The summed E-state index contributed by atoms with van der Waals surface area (Å²) in [6.07, 6.45) is -2.24. The van der Waals surface area contributed by atoms with Crippen LogP contribution in [0.4, 0.5) is 13.2 Å². The van der Waals surface area contributed by atoms with Gasteiger partial charge in [-0.1, -0.05) is 18.0 Å². The SMILES string of the molecule is Cl.NCC1CCCC1NS(=O)(=O)c1ccc(C(F)(F)F)cc1Cl. The summed E-state index contributed by atoms with van der Waals surface area (Å²) in [7, 11) is -3.98. The summed E-state index contributed by atoms with van der Waals surface area (Å²) in [5, 5.41) is -0.454. The minimum absolute atomic E-state index is 0. The van der Waals surface area contributed by atoms with Gasteiger partial charge in [-0.25, -0.2) is 13.1 Å². The lowest BCUT2D eigenvalue weighted by Gasteiger charge is -2.20. The molecule has 0 aromatic heterocycles. The van der Waals surface area contributed by atoms with Gasteiger partial charge in [0.05, 0.1) is 10.6 Å². The molecule has 1 saturated carbocycles. The van der Waals surface area contributed by atoms with E-state index in [2.05, 4.69) is 4.72 Å². The third-order valence-corrected chi connectivity index (χ3v) is 5.79. The van der Waals surface area contributed by atoms with Gasteiger partial charge in [0.2, 0.25) is 10.0 Å². The van der Waals surface area contributed by atoms with Crippen molar-refractivity contribution in [2.45, 2.75) is 36.4 Å². The van der Waals surface area contributed by atoms with Crippen LogP contribution in [-0.2, 0) is 16.2 Å². The monoisotopic (exact) mass is 392 g/mol. The maximum Gasteiger partial charge on any atom is 0.416 e. The fourth-order valence-corrected chi connectivity index (χ4v) is 4.52. The number of halogens is 5. The molecule has 4 nitrogen and oxygen atoms in total. The van der Waals surface area contributed by atoms with E-state index in [-0.39, 0.29) is 29.3 Å². The molecule has 0 amide bonds. The summed E-state index contributed by atoms with van der Waals surface area (Å²) >= 11 is 5.73. The third-order valence-electron chi connectivity index (χ3n) is 3.82. The summed E-state index contributed by atoms with van der Waals surface area (Å²) in [6, 6.07) is 1.88. The predicted molar refractivity (Wildman–Crippen MR) is 84.2 cm³/mol. The van der Waals surface area contributed by atoms with Crippen molar-refractivity contribution in [1.29, 1.82) is 0 Å². The average Bonchev–Trinajstić information content (AvgIpc) is 2.83. The molecule has 1 aromatic carbocycles. The number of rotatable bonds is 4. The van der Waals surface area contributed by atoms with Gasteiger partial charge in [0.1, 0.15) is 4.90 Å². The van der Waals surface area contributed by atoms with E-state index < -0.39 is 26.8 Å². The summed E-state index contributed by atoms with van der Waals surface area (Å²) in [6.45, 7) is 0.355. The van der Waals surface area contributed by atoms with Crippen LogP contribution in [0, 0.1) is 5.92 Å². The second-order valence-electron chi connectivity index (χ2n) is 5.30. The van der Waals surface area contributed by atoms with Crippen molar-refractivity contribution in [1.82, 2.24) is 4.72 Å². The van der Waals surface area contributed by atoms with Gasteiger partial charge in [0.25, 0.3) is 0 Å². The molecular formula is C13H17Cl2F3N2O2S. The Morgan fingerprint density at radius 3 is 2.48 bits per heavy atom. The Kier molecular flexibility index (Phi) is 6.74. The van der Waals surface area contributed by atoms with Crippen molar-refractivity contribution >= 4 is 34.0 Å². The molecule has 0 spiro atoms. The quantitative estimate of drug-likeness (QED) is 0.826. The molecule has 10 heteroatoms. The lowest BCUT2D eigenvalue weighted by atomic mass is 10.1. The fourth-order valence-electron chi connectivity index (χ4n) is 2.63. The Bertz CT molecular complexity index is 653. The average molecular weight is 393 g/mol. The Balaban J connectivity index is 0.00000264. The predicted octanol–water partition coefficient (Wildman–Crippen LogP) is 3.19. The first-order chi connectivity index (χ1) is 10.1. The minimum Gasteiger partial charge on any atom is -0.330 e. The lowest BCUT2D eigenvalue weighted by molar-refractivity contribution is -0.137. The molecule has 132 valence electrons. The van der Waals surface area contributed by atoms with Crippen molar-refractivity contribution < 1.29 is 21.6 Å². The molecule has 2 atom stereocenters. The molecule has 0 heterocycles. The van der Waals surface area contributed by atoms with Crippen molar-refractivity contribution in [3.05, 3.63) is 28.8 Å². The van der Waals surface area contributed by atoms with Gasteiger partial charge in [-0.3, -0.25) is 0 Å². The second kappa shape index (κ2) is 7.57. The Hall–Kier alpha value is -0.540. The number of hydrogen-bond acceptors (Lipinski definition) is 3. The molecule has 0 radical (unpaired) electrons. The summed E-state index contributed by atoms with van der Waals surface area (Å²) in [5.74, 6) is 0.0306. The largest absolute Gasteiger partial charge is 0.416 e. The maximum atomic E-state index is 12.6. The van der Waals surface area contributed by atoms with Crippen molar-refractivity contribution in [3.8, 4) is 0 Å². The molecule has 2 unspecified atom stereocenters. The first kappa shape index (κ1) is 20.5. The van der Waals surface area contributed by atoms with Crippen LogP contribution in [-0.4, -0.2) is 21.0 Å². The summed E-state index contributed by atoms with van der Waals surface area (Å²) < 4.78 is 64.9. The molecule has 23 heavy (non-hydrogen) atoms. The maximum absolute atomic E-state index is 12.6. The molecule has 1 aliphatic carbocycles. The van der Waals surface area contributed by atoms with E-state index in [1.54, 1.807) is 0 Å². The highest BCUT2D eigenvalue weighted by Crippen LogP contribution is 2.34. The zero-order valence-corrected chi connectivity index (χ0v) is 14.3. The molecular weight excluding hydrogens is 376 g/mol. The van der Waals surface area contributed by atoms with Crippen LogP contribution in [0.2, 0.25) is 5.02 Å². The summed E-state index contributed by atoms with van der Waals surface area (Å²) in [5.41, 5.74) is 4.60. The number of benzene rings is 1. The van der Waals surface area contributed by atoms with Crippen LogP contribution >= 0.6 is 24.0 Å². The lowest BCUT2D eigenvalue weighted by Crippen LogP contribution is -2.39. The van der Waals surface area contributed by atoms with Crippen LogP contribution in [0.1, 0.15) is 24.8 Å². The van der Waals surface area contributed by atoms with Gasteiger partial charge < -0.3 is 5.73 Å². The molecule has 0 bridgehead atoms. The van der Waals surface area contributed by atoms with Gasteiger partial charge in [-0.05, 0) is 43.5 Å². The van der Waals surface area contributed by atoms with E-state index in [9.17, 15) is 21.6 Å².